The highest BCUT2D eigenvalue weighted by Gasteiger charge is 2.17. The van der Waals surface area contributed by atoms with Crippen molar-refractivity contribution in [2.24, 2.45) is 11.7 Å². The molecule has 0 saturated heterocycles. The fraction of sp³-hybridized carbons (Fsp3) is 0.429. The molecule has 19 heavy (non-hydrogen) atoms. The average molecular weight is 275 g/mol. The lowest BCUT2D eigenvalue weighted by molar-refractivity contribution is 0.0753. The zero-order valence-corrected chi connectivity index (χ0v) is 12.0. The van der Waals surface area contributed by atoms with Crippen LogP contribution in [0.25, 0.3) is 0 Å². The van der Waals surface area contributed by atoms with Crippen molar-refractivity contribution >= 4 is 17.2 Å². The number of carbonyl (C=O) groups excluding carboxylic acids is 1. The minimum absolute atomic E-state index is 0.0540. The van der Waals surface area contributed by atoms with Crippen LogP contribution in [0.2, 0.25) is 0 Å². The Labute approximate surface area is 117 Å². The maximum atomic E-state index is 12.3. The van der Waals surface area contributed by atoms with Crippen LogP contribution in [0.1, 0.15) is 29.1 Å². The fourth-order valence-corrected chi connectivity index (χ4v) is 2.31. The molecular formula is C14H17N3OS. The molecule has 1 atom stereocenters. The Bertz CT molecular complexity index is 533. The summed E-state index contributed by atoms with van der Waals surface area (Å²) in [5.74, 6) is 5.45. The van der Waals surface area contributed by atoms with E-state index in [2.05, 4.69) is 17.9 Å². The van der Waals surface area contributed by atoms with Crippen LogP contribution in [0, 0.1) is 29.1 Å². The molecule has 1 unspecified atom stereocenters. The normalized spacial score (nSPS) is 11.1. The van der Waals surface area contributed by atoms with Crippen LogP contribution >= 0.6 is 11.3 Å². The monoisotopic (exact) mass is 275 g/mol. The Balaban J connectivity index is 2.80. The zero-order valence-electron chi connectivity index (χ0n) is 11.1. The molecule has 5 heteroatoms. The number of hydrogen-bond acceptors (Lipinski definition) is 4. The highest BCUT2D eigenvalue weighted by Crippen LogP contribution is 2.16. The highest BCUT2D eigenvalue weighted by atomic mass is 32.1. The summed E-state index contributed by atoms with van der Waals surface area (Å²) in [6.45, 7) is 5.06. The number of nitrogens with two attached hydrogens (primary N) is 1. The van der Waals surface area contributed by atoms with E-state index in [0.29, 0.717) is 25.2 Å². The van der Waals surface area contributed by atoms with Gasteiger partial charge in [0.15, 0.2) is 0 Å². The van der Waals surface area contributed by atoms with E-state index in [1.807, 2.05) is 13.8 Å². The number of nitriles is 1. The molecule has 0 fully saturated rings. The third kappa shape index (κ3) is 4.40. The lowest BCUT2D eigenvalue weighted by atomic mass is 10.1. The largest absolute Gasteiger partial charge is 0.338 e. The van der Waals surface area contributed by atoms with Crippen molar-refractivity contribution in [2.45, 2.75) is 13.8 Å². The van der Waals surface area contributed by atoms with E-state index in [-0.39, 0.29) is 11.8 Å². The third-order valence-electron chi connectivity index (χ3n) is 2.54. The van der Waals surface area contributed by atoms with Gasteiger partial charge in [-0.15, -0.1) is 11.3 Å². The van der Waals surface area contributed by atoms with E-state index in [1.165, 1.54) is 11.3 Å². The number of thiophene rings is 1. The van der Waals surface area contributed by atoms with Crippen LogP contribution < -0.4 is 5.73 Å². The van der Waals surface area contributed by atoms with E-state index >= 15 is 0 Å². The van der Waals surface area contributed by atoms with Gasteiger partial charge in [0.25, 0.3) is 5.91 Å². The summed E-state index contributed by atoms with van der Waals surface area (Å²) < 4.78 is 0. The molecule has 0 aliphatic carbocycles. The number of rotatable bonds is 4. The molecule has 1 heterocycles. The lowest BCUT2D eigenvalue weighted by Crippen LogP contribution is -2.34. The van der Waals surface area contributed by atoms with E-state index in [9.17, 15) is 4.79 Å². The van der Waals surface area contributed by atoms with Crippen molar-refractivity contribution in [1.29, 1.82) is 5.26 Å². The van der Waals surface area contributed by atoms with Gasteiger partial charge in [0.05, 0.1) is 29.0 Å². The molecule has 0 bridgehead atoms. The van der Waals surface area contributed by atoms with Crippen LogP contribution in [-0.2, 0) is 0 Å². The first-order valence-electron chi connectivity index (χ1n) is 6.08. The zero-order chi connectivity index (χ0) is 14.3. The maximum absolute atomic E-state index is 12.3. The Morgan fingerprint density at radius 2 is 2.37 bits per heavy atom. The van der Waals surface area contributed by atoms with Crippen molar-refractivity contribution in [3.8, 4) is 17.9 Å². The van der Waals surface area contributed by atoms with Crippen molar-refractivity contribution in [1.82, 2.24) is 4.90 Å². The van der Waals surface area contributed by atoms with Gasteiger partial charge in [0, 0.05) is 18.5 Å². The predicted octanol–water partition coefficient (Wildman–Crippen LogP) is 1.68. The molecule has 1 rings (SSSR count). The molecule has 0 aliphatic heterocycles. The molecule has 0 aliphatic rings. The summed E-state index contributed by atoms with van der Waals surface area (Å²) in [4.78, 5) is 14.8. The molecule has 1 aromatic rings. The van der Waals surface area contributed by atoms with E-state index < -0.39 is 0 Å². The van der Waals surface area contributed by atoms with E-state index in [0.717, 1.165) is 4.88 Å². The predicted molar refractivity (Wildman–Crippen MR) is 76.6 cm³/mol. The minimum Gasteiger partial charge on any atom is -0.338 e. The van der Waals surface area contributed by atoms with Gasteiger partial charge in [-0.3, -0.25) is 4.79 Å². The van der Waals surface area contributed by atoms with Crippen LogP contribution in [0.15, 0.2) is 11.4 Å². The SMILES string of the molecule is CCN(CC(C)C#N)C(=O)c1csc(C#CCN)c1. The maximum Gasteiger partial charge on any atom is 0.254 e. The molecule has 0 saturated carbocycles. The van der Waals surface area contributed by atoms with Gasteiger partial charge in [0.1, 0.15) is 0 Å². The van der Waals surface area contributed by atoms with Crippen LogP contribution in [0.4, 0.5) is 0 Å². The molecule has 1 amide bonds. The summed E-state index contributed by atoms with van der Waals surface area (Å²) in [5, 5.41) is 10.6. The average Bonchev–Trinajstić information content (AvgIpc) is 2.90. The van der Waals surface area contributed by atoms with E-state index in [1.54, 1.807) is 16.3 Å². The van der Waals surface area contributed by atoms with E-state index in [4.69, 9.17) is 11.0 Å². The second-order valence-corrected chi connectivity index (χ2v) is 4.99. The minimum atomic E-state index is -0.168. The Morgan fingerprint density at radius 3 is 2.95 bits per heavy atom. The van der Waals surface area contributed by atoms with Gasteiger partial charge < -0.3 is 10.6 Å². The molecule has 100 valence electrons. The number of amides is 1. The van der Waals surface area contributed by atoms with Crippen molar-refractivity contribution < 1.29 is 4.79 Å². The third-order valence-corrected chi connectivity index (χ3v) is 3.39. The van der Waals surface area contributed by atoms with Gasteiger partial charge in [-0.1, -0.05) is 11.8 Å². The topological polar surface area (TPSA) is 70.1 Å². The molecule has 0 spiro atoms. The second-order valence-electron chi connectivity index (χ2n) is 4.08. The summed E-state index contributed by atoms with van der Waals surface area (Å²) >= 11 is 1.43. The first-order valence-corrected chi connectivity index (χ1v) is 6.96. The lowest BCUT2D eigenvalue weighted by Gasteiger charge is -2.21. The van der Waals surface area contributed by atoms with Crippen LogP contribution in [-0.4, -0.2) is 30.4 Å². The van der Waals surface area contributed by atoms with Gasteiger partial charge in [0.2, 0.25) is 0 Å². The summed E-state index contributed by atoms with van der Waals surface area (Å²) in [6.07, 6.45) is 0. The highest BCUT2D eigenvalue weighted by molar-refractivity contribution is 7.10. The van der Waals surface area contributed by atoms with Crippen molar-refractivity contribution in [3.63, 3.8) is 0 Å². The number of hydrogen-bond donors (Lipinski definition) is 1. The summed E-state index contributed by atoms with van der Waals surface area (Å²) in [7, 11) is 0. The van der Waals surface area contributed by atoms with Gasteiger partial charge in [-0.25, -0.2) is 0 Å². The van der Waals surface area contributed by atoms with Gasteiger partial charge >= 0.3 is 0 Å². The smallest absolute Gasteiger partial charge is 0.254 e. The van der Waals surface area contributed by atoms with Crippen LogP contribution in [0.3, 0.4) is 0 Å². The Hall–Kier alpha value is -1.82. The Morgan fingerprint density at radius 1 is 1.63 bits per heavy atom. The first kappa shape index (κ1) is 15.2. The molecule has 0 radical (unpaired) electrons. The molecule has 4 nitrogen and oxygen atoms in total. The quantitative estimate of drug-likeness (QED) is 0.850. The summed E-state index contributed by atoms with van der Waals surface area (Å²) in [6, 6.07) is 3.91. The Kier molecular flexibility index (Phi) is 6.08. The molecule has 2 N–H and O–H groups in total. The fourth-order valence-electron chi connectivity index (χ4n) is 1.56. The molecule has 0 aromatic carbocycles. The van der Waals surface area contributed by atoms with Crippen molar-refractivity contribution in [3.05, 3.63) is 21.9 Å². The second kappa shape index (κ2) is 7.58. The molecular weight excluding hydrogens is 258 g/mol. The standard InChI is InChI=1S/C14H17N3OS/c1-3-17(9-11(2)8-16)14(18)12-7-13(19-10-12)5-4-6-15/h7,10-11H,3,6,9,15H2,1-2H3. The first-order chi connectivity index (χ1) is 9.12. The van der Waals surface area contributed by atoms with Crippen molar-refractivity contribution in [2.75, 3.05) is 19.6 Å². The van der Waals surface area contributed by atoms with Gasteiger partial charge in [-0.05, 0) is 19.9 Å². The number of nitrogens with zero attached hydrogens (tertiary/aromatic N) is 2. The molecule has 1 aromatic heterocycles. The number of carbonyl (C=O) groups is 1. The van der Waals surface area contributed by atoms with Gasteiger partial charge in [-0.2, -0.15) is 5.26 Å². The summed E-state index contributed by atoms with van der Waals surface area (Å²) in [5.41, 5.74) is 5.93. The van der Waals surface area contributed by atoms with Crippen LogP contribution in [0.5, 0.6) is 0 Å².